The Labute approximate surface area is 153 Å². The molecule has 0 unspecified atom stereocenters. The van der Waals surface area contributed by atoms with Crippen molar-refractivity contribution in [2.45, 2.75) is 38.5 Å². The number of aromatic nitrogens is 2. The predicted octanol–water partition coefficient (Wildman–Crippen LogP) is 3.21. The van der Waals surface area contributed by atoms with Gasteiger partial charge in [0.25, 0.3) is 0 Å². The van der Waals surface area contributed by atoms with Gasteiger partial charge in [0, 0.05) is 20.0 Å². The van der Waals surface area contributed by atoms with E-state index in [9.17, 15) is 5.11 Å². The topological polar surface area (TPSA) is 62.4 Å². The maximum atomic E-state index is 11.4. The molecule has 1 aliphatic rings. The summed E-state index contributed by atoms with van der Waals surface area (Å²) in [6, 6.07) is 18.5. The summed E-state index contributed by atoms with van der Waals surface area (Å²) in [4.78, 5) is 6.53. The van der Waals surface area contributed by atoms with E-state index in [-0.39, 0.29) is 0 Å². The second kappa shape index (κ2) is 7.02. The van der Waals surface area contributed by atoms with E-state index in [1.54, 1.807) is 6.92 Å². The van der Waals surface area contributed by atoms with Crippen LogP contribution in [0.5, 0.6) is 0 Å². The van der Waals surface area contributed by atoms with Gasteiger partial charge in [-0.3, -0.25) is 4.90 Å². The van der Waals surface area contributed by atoms with E-state index in [0.717, 1.165) is 24.9 Å². The van der Waals surface area contributed by atoms with Crippen molar-refractivity contribution >= 4 is 0 Å². The van der Waals surface area contributed by atoms with Gasteiger partial charge < -0.3 is 9.63 Å². The molecule has 0 aliphatic heterocycles. The van der Waals surface area contributed by atoms with E-state index in [1.807, 2.05) is 36.4 Å². The molecular formula is C21H23N3O2. The third kappa shape index (κ3) is 3.54. The van der Waals surface area contributed by atoms with Gasteiger partial charge in [-0.05, 0) is 29.5 Å². The number of nitrogens with zero attached hydrogens (tertiary/aromatic N) is 3. The summed E-state index contributed by atoms with van der Waals surface area (Å²) in [6.07, 6.45) is 1.65. The Bertz CT molecular complexity index is 878. The van der Waals surface area contributed by atoms with Crippen molar-refractivity contribution in [2.24, 2.45) is 0 Å². The lowest BCUT2D eigenvalue weighted by Crippen LogP contribution is -2.39. The van der Waals surface area contributed by atoms with Crippen LogP contribution in [0, 0.1) is 6.92 Å². The number of aliphatic hydroxyl groups is 1. The lowest BCUT2D eigenvalue weighted by atomic mass is 9.95. The second-order valence-electron chi connectivity index (χ2n) is 7.05. The fraction of sp³-hybridized carbons (Fsp3) is 0.333. The van der Waals surface area contributed by atoms with E-state index < -0.39 is 5.60 Å². The van der Waals surface area contributed by atoms with Gasteiger partial charge in [-0.2, -0.15) is 4.98 Å². The number of hydrogen-bond acceptors (Lipinski definition) is 5. The first kappa shape index (κ1) is 16.9. The summed E-state index contributed by atoms with van der Waals surface area (Å²) in [5.74, 6) is 1.21. The fourth-order valence-electron chi connectivity index (χ4n) is 3.82. The Balaban J connectivity index is 1.58. The van der Waals surface area contributed by atoms with Crippen molar-refractivity contribution < 1.29 is 9.63 Å². The van der Waals surface area contributed by atoms with Crippen LogP contribution in [0.1, 0.15) is 34.8 Å². The highest BCUT2D eigenvalue weighted by Gasteiger charge is 2.38. The average molecular weight is 349 g/mol. The molecule has 0 bridgehead atoms. The smallest absolute Gasteiger partial charge is 0.223 e. The molecule has 1 aromatic heterocycles. The Morgan fingerprint density at radius 2 is 1.85 bits per heavy atom. The minimum Gasteiger partial charge on any atom is -0.384 e. The first-order valence-electron chi connectivity index (χ1n) is 8.99. The molecule has 26 heavy (non-hydrogen) atoms. The predicted molar refractivity (Wildman–Crippen MR) is 98.3 cm³/mol. The summed E-state index contributed by atoms with van der Waals surface area (Å²) in [7, 11) is 0. The van der Waals surface area contributed by atoms with Gasteiger partial charge in [0.1, 0.15) is 5.60 Å². The summed E-state index contributed by atoms with van der Waals surface area (Å²) in [5.41, 5.74) is 2.64. The first-order valence-corrected chi connectivity index (χ1v) is 8.99. The summed E-state index contributed by atoms with van der Waals surface area (Å²) in [5, 5.41) is 15.4. The molecule has 1 N–H and O–H groups in total. The molecule has 0 spiro atoms. The van der Waals surface area contributed by atoms with Gasteiger partial charge in [-0.1, -0.05) is 59.8 Å². The van der Waals surface area contributed by atoms with Crippen LogP contribution in [0.3, 0.4) is 0 Å². The first-order chi connectivity index (χ1) is 12.6. The molecular weight excluding hydrogens is 326 g/mol. The highest BCUT2D eigenvalue weighted by Crippen LogP contribution is 2.37. The minimum atomic E-state index is -0.843. The molecule has 0 saturated heterocycles. The van der Waals surface area contributed by atoms with Crippen molar-refractivity contribution in [3.8, 4) is 0 Å². The molecule has 0 saturated carbocycles. The molecule has 0 amide bonds. The van der Waals surface area contributed by atoms with Crippen molar-refractivity contribution in [3.63, 3.8) is 0 Å². The highest BCUT2D eigenvalue weighted by molar-refractivity contribution is 5.37. The molecule has 2 aromatic carbocycles. The molecule has 1 atom stereocenters. The van der Waals surface area contributed by atoms with Crippen LogP contribution in [-0.4, -0.2) is 26.7 Å². The zero-order valence-electron chi connectivity index (χ0n) is 14.9. The quantitative estimate of drug-likeness (QED) is 0.740. The zero-order chi connectivity index (χ0) is 18.0. The van der Waals surface area contributed by atoms with E-state index in [4.69, 9.17) is 4.52 Å². The Hall–Kier alpha value is -2.50. The van der Waals surface area contributed by atoms with Crippen LogP contribution in [-0.2, 0) is 25.1 Å². The highest BCUT2D eigenvalue weighted by atomic mass is 16.5. The minimum absolute atomic E-state index is 0.534. The number of benzene rings is 2. The third-order valence-electron chi connectivity index (χ3n) is 5.00. The van der Waals surface area contributed by atoms with Crippen molar-refractivity contribution in [2.75, 3.05) is 6.54 Å². The third-order valence-corrected chi connectivity index (χ3v) is 5.00. The van der Waals surface area contributed by atoms with Gasteiger partial charge >= 0.3 is 0 Å². The summed E-state index contributed by atoms with van der Waals surface area (Å²) >= 11 is 0. The van der Waals surface area contributed by atoms with E-state index >= 15 is 0 Å². The molecule has 1 heterocycles. The van der Waals surface area contributed by atoms with Crippen LogP contribution in [0.25, 0.3) is 0 Å². The summed E-state index contributed by atoms with van der Waals surface area (Å²) < 4.78 is 5.12. The van der Waals surface area contributed by atoms with Gasteiger partial charge in [-0.15, -0.1) is 0 Å². The van der Waals surface area contributed by atoms with E-state index in [1.165, 1.54) is 11.1 Å². The number of rotatable bonds is 6. The maximum Gasteiger partial charge on any atom is 0.223 e. The molecule has 4 rings (SSSR count). The van der Waals surface area contributed by atoms with Crippen molar-refractivity contribution in [1.29, 1.82) is 0 Å². The number of aryl methyl sites for hydroxylation is 2. The van der Waals surface area contributed by atoms with Crippen molar-refractivity contribution in [3.05, 3.63) is 83.0 Å². The largest absolute Gasteiger partial charge is 0.384 e. The van der Waals surface area contributed by atoms with Gasteiger partial charge in [0.2, 0.25) is 5.89 Å². The Morgan fingerprint density at radius 1 is 1.08 bits per heavy atom. The van der Waals surface area contributed by atoms with Crippen LogP contribution in [0.2, 0.25) is 0 Å². The van der Waals surface area contributed by atoms with Crippen LogP contribution in [0.15, 0.2) is 59.1 Å². The maximum absolute atomic E-state index is 11.4. The van der Waals surface area contributed by atoms with Gasteiger partial charge in [0.05, 0.1) is 6.54 Å². The van der Waals surface area contributed by atoms with E-state index in [0.29, 0.717) is 24.8 Å². The van der Waals surface area contributed by atoms with Crippen LogP contribution < -0.4 is 0 Å². The van der Waals surface area contributed by atoms with Crippen molar-refractivity contribution in [1.82, 2.24) is 15.0 Å². The van der Waals surface area contributed by atoms with E-state index in [2.05, 4.69) is 33.2 Å². The molecule has 134 valence electrons. The average Bonchev–Trinajstić information content (AvgIpc) is 3.20. The lowest BCUT2D eigenvalue weighted by Gasteiger charge is -2.31. The standard InChI is InChI=1S/C21H23N3O2/c1-16-22-20(23-26-16)14-24(13-17-7-3-2-4-8-17)15-21(25)12-11-18-9-5-6-10-19(18)21/h2-10,25H,11-15H2,1H3/t21-/m1/s1. The van der Waals surface area contributed by atoms with Gasteiger partial charge in [0.15, 0.2) is 5.82 Å². The van der Waals surface area contributed by atoms with Gasteiger partial charge in [-0.25, -0.2) is 0 Å². The molecule has 1 aliphatic carbocycles. The normalized spacial score (nSPS) is 19.0. The number of fused-ring (bicyclic) bond motifs is 1. The lowest BCUT2D eigenvalue weighted by molar-refractivity contribution is -0.00510. The summed E-state index contributed by atoms with van der Waals surface area (Å²) in [6.45, 7) is 3.58. The Morgan fingerprint density at radius 3 is 2.62 bits per heavy atom. The fourth-order valence-corrected chi connectivity index (χ4v) is 3.82. The monoisotopic (exact) mass is 349 g/mol. The molecule has 0 fully saturated rings. The molecule has 0 radical (unpaired) electrons. The van der Waals surface area contributed by atoms with Crippen LogP contribution in [0.4, 0.5) is 0 Å². The molecule has 3 aromatic rings. The molecule has 5 heteroatoms. The Kier molecular flexibility index (Phi) is 4.57. The van der Waals surface area contributed by atoms with Crippen LogP contribution >= 0.6 is 0 Å². The molecule has 5 nitrogen and oxygen atoms in total. The zero-order valence-corrected chi connectivity index (χ0v) is 14.9. The SMILES string of the molecule is Cc1nc(CN(Cc2ccccc2)C[C@]2(O)CCc3ccccc32)no1. The second-order valence-corrected chi connectivity index (χ2v) is 7.05. The number of hydrogen-bond donors (Lipinski definition) is 1.